The first kappa shape index (κ1) is 12.0. The standard InChI is InChI=1S/C12H7F3O4/c13-12(14,15)19-5-1-2-6-7(3-5)10-8(11(16)17)4-9(6)18-10/h1-4,9-10H,(H,16,17)/t9-,10-/m0/s1. The number of carboxylic acids is 1. The van der Waals surface area contributed by atoms with Gasteiger partial charge in [-0.15, -0.1) is 13.2 Å². The number of hydrogen-bond acceptors (Lipinski definition) is 3. The molecule has 0 saturated carbocycles. The lowest BCUT2D eigenvalue weighted by atomic mass is 9.91. The Morgan fingerprint density at radius 2 is 2.05 bits per heavy atom. The van der Waals surface area contributed by atoms with E-state index in [2.05, 4.69) is 4.74 Å². The highest BCUT2D eigenvalue weighted by Gasteiger charge is 2.42. The molecule has 0 fully saturated rings. The fourth-order valence-corrected chi connectivity index (χ4v) is 2.33. The molecule has 100 valence electrons. The highest BCUT2D eigenvalue weighted by atomic mass is 19.4. The lowest BCUT2D eigenvalue weighted by molar-refractivity contribution is -0.274. The summed E-state index contributed by atoms with van der Waals surface area (Å²) in [6.07, 6.45) is -4.65. The van der Waals surface area contributed by atoms with E-state index in [0.29, 0.717) is 11.1 Å². The van der Waals surface area contributed by atoms with E-state index >= 15 is 0 Å². The van der Waals surface area contributed by atoms with Crippen LogP contribution in [0.25, 0.3) is 0 Å². The fraction of sp³-hybridized carbons (Fsp3) is 0.250. The molecule has 2 aliphatic rings. The molecule has 0 spiro atoms. The van der Waals surface area contributed by atoms with Gasteiger partial charge in [-0.05, 0) is 29.3 Å². The van der Waals surface area contributed by atoms with Crippen molar-refractivity contribution in [3.05, 3.63) is 41.0 Å². The minimum absolute atomic E-state index is 0.0432. The maximum atomic E-state index is 12.1. The first-order valence-electron chi connectivity index (χ1n) is 5.35. The first-order valence-corrected chi connectivity index (χ1v) is 5.35. The van der Waals surface area contributed by atoms with Crippen molar-refractivity contribution in [1.82, 2.24) is 0 Å². The summed E-state index contributed by atoms with van der Waals surface area (Å²) in [5.41, 5.74) is 1.12. The number of aliphatic carboxylic acids is 1. The van der Waals surface area contributed by atoms with Gasteiger partial charge in [0.25, 0.3) is 0 Å². The van der Waals surface area contributed by atoms with Crippen LogP contribution in [-0.4, -0.2) is 17.4 Å². The molecule has 3 rings (SSSR count). The van der Waals surface area contributed by atoms with E-state index in [1.54, 1.807) is 0 Å². The van der Waals surface area contributed by atoms with Gasteiger partial charge in [0.2, 0.25) is 0 Å². The molecule has 1 aromatic carbocycles. The Morgan fingerprint density at radius 1 is 1.32 bits per heavy atom. The van der Waals surface area contributed by atoms with Crippen LogP contribution in [0.2, 0.25) is 0 Å². The van der Waals surface area contributed by atoms with E-state index in [-0.39, 0.29) is 11.3 Å². The number of ether oxygens (including phenoxy) is 2. The summed E-state index contributed by atoms with van der Waals surface area (Å²) in [6.45, 7) is 0. The molecule has 0 aliphatic carbocycles. The largest absolute Gasteiger partial charge is 0.573 e. The summed E-state index contributed by atoms with van der Waals surface area (Å²) in [5, 5.41) is 8.96. The molecular weight excluding hydrogens is 265 g/mol. The highest BCUT2D eigenvalue weighted by molar-refractivity contribution is 5.89. The second-order valence-electron chi connectivity index (χ2n) is 4.20. The van der Waals surface area contributed by atoms with Crippen molar-refractivity contribution < 1.29 is 32.5 Å². The zero-order valence-corrected chi connectivity index (χ0v) is 9.27. The second-order valence-corrected chi connectivity index (χ2v) is 4.20. The topological polar surface area (TPSA) is 55.8 Å². The van der Waals surface area contributed by atoms with Crippen LogP contribution in [0.3, 0.4) is 0 Å². The number of carbonyl (C=O) groups is 1. The molecule has 19 heavy (non-hydrogen) atoms. The van der Waals surface area contributed by atoms with E-state index in [4.69, 9.17) is 9.84 Å². The molecule has 0 unspecified atom stereocenters. The summed E-state index contributed by atoms with van der Waals surface area (Å²) in [5.74, 6) is -1.52. The molecule has 0 amide bonds. The van der Waals surface area contributed by atoms with E-state index in [1.807, 2.05) is 0 Å². The summed E-state index contributed by atoms with van der Waals surface area (Å²) in [4.78, 5) is 11.0. The molecule has 0 radical (unpaired) electrons. The summed E-state index contributed by atoms with van der Waals surface area (Å²) in [7, 11) is 0. The zero-order chi connectivity index (χ0) is 13.8. The molecular formula is C12H7F3O4. The Bertz CT molecular complexity index is 591. The van der Waals surface area contributed by atoms with Crippen molar-refractivity contribution in [2.75, 3.05) is 0 Å². The Kier molecular flexibility index (Phi) is 2.37. The predicted molar refractivity (Wildman–Crippen MR) is 55.4 cm³/mol. The Labute approximate surface area is 105 Å². The smallest absolute Gasteiger partial charge is 0.478 e. The SMILES string of the molecule is O=C(O)C1=C[C@@H]2O[C@H]1c1cc(OC(F)(F)F)ccc12. The predicted octanol–water partition coefficient (Wildman–Crippen LogP) is 2.72. The highest BCUT2D eigenvalue weighted by Crippen LogP contribution is 2.50. The van der Waals surface area contributed by atoms with Crippen molar-refractivity contribution in [3.63, 3.8) is 0 Å². The monoisotopic (exact) mass is 272 g/mol. The van der Waals surface area contributed by atoms with Crippen molar-refractivity contribution in [3.8, 4) is 5.75 Å². The average Bonchev–Trinajstić information content (AvgIpc) is 2.84. The van der Waals surface area contributed by atoms with Gasteiger partial charge in [-0.3, -0.25) is 0 Å². The molecule has 2 aliphatic heterocycles. The van der Waals surface area contributed by atoms with Crippen molar-refractivity contribution in [1.29, 1.82) is 0 Å². The van der Waals surface area contributed by atoms with Gasteiger partial charge in [0.05, 0.1) is 5.57 Å². The summed E-state index contributed by atoms with van der Waals surface area (Å²) in [6, 6.07) is 3.81. The van der Waals surface area contributed by atoms with Crippen molar-refractivity contribution >= 4 is 5.97 Å². The maximum absolute atomic E-state index is 12.1. The van der Waals surface area contributed by atoms with Crippen molar-refractivity contribution in [2.24, 2.45) is 0 Å². The number of benzene rings is 1. The van der Waals surface area contributed by atoms with Gasteiger partial charge in [-0.1, -0.05) is 6.07 Å². The van der Waals surface area contributed by atoms with Crippen LogP contribution in [-0.2, 0) is 9.53 Å². The van der Waals surface area contributed by atoms with Crippen LogP contribution in [0, 0.1) is 0 Å². The van der Waals surface area contributed by atoms with E-state index < -0.39 is 24.5 Å². The van der Waals surface area contributed by atoms with Crippen LogP contribution < -0.4 is 4.74 Å². The molecule has 2 bridgehead atoms. The van der Waals surface area contributed by atoms with Gasteiger partial charge < -0.3 is 14.6 Å². The Morgan fingerprint density at radius 3 is 2.68 bits per heavy atom. The van der Waals surface area contributed by atoms with Gasteiger partial charge >= 0.3 is 12.3 Å². The molecule has 4 nitrogen and oxygen atoms in total. The van der Waals surface area contributed by atoms with Gasteiger partial charge in [0.1, 0.15) is 18.0 Å². The molecule has 2 heterocycles. The molecule has 0 aromatic heterocycles. The normalized spacial score (nSPS) is 24.1. The minimum atomic E-state index is -4.78. The van der Waals surface area contributed by atoms with Crippen LogP contribution in [0.5, 0.6) is 5.75 Å². The Hall–Kier alpha value is -2.02. The molecule has 1 N–H and O–H groups in total. The van der Waals surface area contributed by atoms with E-state index in [9.17, 15) is 18.0 Å². The molecule has 7 heteroatoms. The summed E-state index contributed by atoms with van der Waals surface area (Å²) >= 11 is 0. The minimum Gasteiger partial charge on any atom is -0.478 e. The number of carboxylic acid groups (broad SMARTS) is 1. The van der Waals surface area contributed by atoms with Gasteiger partial charge in [0.15, 0.2) is 0 Å². The second kappa shape index (κ2) is 3.74. The number of fused-ring (bicyclic) bond motifs is 5. The average molecular weight is 272 g/mol. The summed E-state index contributed by atoms with van der Waals surface area (Å²) < 4.78 is 45.6. The third-order valence-corrected chi connectivity index (χ3v) is 3.02. The zero-order valence-electron chi connectivity index (χ0n) is 9.27. The molecule has 2 atom stereocenters. The third kappa shape index (κ3) is 1.95. The van der Waals surface area contributed by atoms with Crippen LogP contribution >= 0.6 is 0 Å². The van der Waals surface area contributed by atoms with Crippen LogP contribution in [0.15, 0.2) is 29.8 Å². The number of hydrogen-bond donors (Lipinski definition) is 1. The van der Waals surface area contributed by atoms with Gasteiger partial charge in [-0.25, -0.2) is 4.79 Å². The maximum Gasteiger partial charge on any atom is 0.573 e. The number of rotatable bonds is 2. The van der Waals surface area contributed by atoms with E-state index in [0.717, 1.165) is 0 Å². The first-order chi connectivity index (χ1) is 8.85. The lowest BCUT2D eigenvalue weighted by Crippen LogP contribution is -2.17. The number of halogens is 3. The van der Waals surface area contributed by atoms with Gasteiger partial charge in [-0.2, -0.15) is 0 Å². The quantitative estimate of drug-likeness (QED) is 0.899. The molecule has 0 saturated heterocycles. The Balaban J connectivity index is 1.95. The fourth-order valence-electron chi connectivity index (χ4n) is 2.33. The third-order valence-electron chi connectivity index (χ3n) is 3.02. The van der Waals surface area contributed by atoms with Crippen LogP contribution in [0.1, 0.15) is 23.3 Å². The van der Waals surface area contributed by atoms with Crippen LogP contribution in [0.4, 0.5) is 13.2 Å². The molecule has 1 aromatic rings. The van der Waals surface area contributed by atoms with Gasteiger partial charge in [0, 0.05) is 0 Å². The lowest BCUT2D eigenvalue weighted by Gasteiger charge is -2.14. The van der Waals surface area contributed by atoms with E-state index in [1.165, 1.54) is 24.3 Å². The van der Waals surface area contributed by atoms with Crippen molar-refractivity contribution in [2.45, 2.75) is 18.6 Å². The number of alkyl halides is 3.